The topological polar surface area (TPSA) is 72.7 Å². The Hall–Kier alpha value is -2.24. The largest absolute Gasteiger partial charge is 0.343 e. The summed E-state index contributed by atoms with van der Waals surface area (Å²) >= 11 is 0. The van der Waals surface area contributed by atoms with E-state index in [1.165, 1.54) is 0 Å². The number of aromatic nitrogens is 4. The van der Waals surface area contributed by atoms with Gasteiger partial charge < -0.3 is 9.88 Å². The maximum absolute atomic E-state index is 12.0. The van der Waals surface area contributed by atoms with Gasteiger partial charge in [0.1, 0.15) is 17.3 Å². The summed E-state index contributed by atoms with van der Waals surface area (Å²) in [5, 5.41) is 2.80. The van der Waals surface area contributed by atoms with E-state index in [1.807, 2.05) is 31.7 Å². The van der Waals surface area contributed by atoms with E-state index in [9.17, 15) is 4.79 Å². The molecule has 1 amide bonds. The fourth-order valence-corrected chi connectivity index (χ4v) is 1.60. The van der Waals surface area contributed by atoms with E-state index in [0.717, 1.165) is 5.82 Å². The first-order chi connectivity index (χ1) is 9.08. The van der Waals surface area contributed by atoms with Gasteiger partial charge in [-0.1, -0.05) is 13.8 Å². The lowest BCUT2D eigenvalue weighted by Crippen LogP contribution is -2.25. The summed E-state index contributed by atoms with van der Waals surface area (Å²) in [4.78, 5) is 24.5. The van der Waals surface area contributed by atoms with Crippen molar-refractivity contribution in [2.45, 2.75) is 26.3 Å². The van der Waals surface area contributed by atoms with Gasteiger partial charge >= 0.3 is 0 Å². The number of hydrogen-bond donors (Lipinski definition) is 1. The molecular weight excluding hydrogens is 242 g/mol. The van der Waals surface area contributed by atoms with Crippen molar-refractivity contribution in [2.75, 3.05) is 0 Å². The number of carbonyl (C=O) groups is 1. The van der Waals surface area contributed by atoms with Crippen LogP contribution < -0.4 is 5.32 Å². The van der Waals surface area contributed by atoms with Crippen LogP contribution in [0.4, 0.5) is 0 Å². The summed E-state index contributed by atoms with van der Waals surface area (Å²) in [6.45, 7) is 4.36. The van der Waals surface area contributed by atoms with Crippen molar-refractivity contribution in [1.82, 2.24) is 24.8 Å². The predicted molar refractivity (Wildman–Crippen MR) is 70.5 cm³/mol. The van der Waals surface area contributed by atoms with Crippen molar-refractivity contribution in [3.05, 3.63) is 42.0 Å². The van der Waals surface area contributed by atoms with Gasteiger partial charge in [0.2, 0.25) is 0 Å². The van der Waals surface area contributed by atoms with Crippen molar-refractivity contribution in [3.63, 3.8) is 0 Å². The van der Waals surface area contributed by atoms with Gasteiger partial charge in [0.15, 0.2) is 0 Å². The van der Waals surface area contributed by atoms with Gasteiger partial charge in [-0.15, -0.1) is 0 Å². The Bertz CT molecular complexity index is 576. The van der Waals surface area contributed by atoms with Crippen molar-refractivity contribution in [3.8, 4) is 0 Å². The van der Waals surface area contributed by atoms with Gasteiger partial charge in [-0.25, -0.2) is 15.0 Å². The molecule has 2 aromatic rings. The molecule has 6 nitrogen and oxygen atoms in total. The standard InChI is InChI=1S/C13H17N5O/c1-9(2)12-15-5-4-10(17-12)13(19)16-8-11-14-6-7-18(11)3/h4-7,9H,8H2,1-3H3,(H,16,19). The Labute approximate surface area is 111 Å². The molecule has 19 heavy (non-hydrogen) atoms. The molecule has 2 rings (SSSR count). The van der Waals surface area contributed by atoms with Gasteiger partial charge in [-0.2, -0.15) is 0 Å². The zero-order chi connectivity index (χ0) is 13.8. The molecule has 100 valence electrons. The molecule has 2 aromatic heterocycles. The number of imidazole rings is 1. The van der Waals surface area contributed by atoms with Crippen LogP contribution in [0, 0.1) is 0 Å². The summed E-state index contributed by atoms with van der Waals surface area (Å²) in [5.41, 5.74) is 0.382. The average Bonchev–Trinajstić information content (AvgIpc) is 2.81. The SMILES string of the molecule is CC(C)c1nccc(C(=O)NCc2nccn2C)n1. The highest BCUT2D eigenvalue weighted by Crippen LogP contribution is 2.08. The number of nitrogens with one attached hydrogen (secondary N) is 1. The molecule has 0 fully saturated rings. The highest BCUT2D eigenvalue weighted by molar-refractivity contribution is 5.92. The molecule has 6 heteroatoms. The van der Waals surface area contributed by atoms with E-state index >= 15 is 0 Å². The van der Waals surface area contributed by atoms with Crippen LogP contribution in [0.1, 0.15) is 41.9 Å². The molecule has 0 aromatic carbocycles. The first kappa shape index (κ1) is 13.2. The first-order valence-electron chi connectivity index (χ1n) is 6.15. The second-order valence-electron chi connectivity index (χ2n) is 4.59. The van der Waals surface area contributed by atoms with Gasteiger partial charge in [0.25, 0.3) is 5.91 Å². The maximum atomic E-state index is 12.0. The zero-order valence-electron chi connectivity index (χ0n) is 11.3. The first-order valence-corrected chi connectivity index (χ1v) is 6.15. The van der Waals surface area contributed by atoms with Crippen molar-refractivity contribution in [2.24, 2.45) is 7.05 Å². The average molecular weight is 259 g/mol. The Kier molecular flexibility index (Phi) is 3.89. The van der Waals surface area contributed by atoms with Crippen molar-refractivity contribution < 1.29 is 4.79 Å². The lowest BCUT2D eigenvalue weighted by atomic mass is 10.2. The third-order valence-corrected chi connectivity index (χ3v) is 2.75. The molecule has 0 aliphatic carbocycles. The minimum Gasteiger partial charge on any atom is -0.343 e. The van der Waals surface area contributed by atoms with E-state index < -0.39 is 0 Å². The quantitative estimate of drug-likeness (QED) is 0.897. The molecule has 2 heterocycles. The maximum Gasteiger partial charge on any atom is 0.270 e. The van der Waals surface area contributed by atoms with Crippen LogP contribution in [0.25, 0.3) is 0 Å². The van der Waals surface area contributed by atoms with Crippen LogP contribution in [-0.4, -0.2) is 25.4 Å². The minimum absolute atomic E-state index is 0.197. The van der Waals surface area contributed by atoms with Crippen molar-refractivity contribution >= 4 is 5.91 Å². The number of rotatable bonds is 4. The number of hydrogen-bond acceptors (Lipinski definition) is 4. The molecular formula is C13H17N5O. The summed E-state index contributed by atoms with van der Waals surface area (Å²) in [7, 11) is 1.88. The smallest absolute Gasteiger partial charge is 0.270 e. The Morgan fingerprint density at radius 2 is 2.16 bits per heavy atom. The van der Waals surface area contributed by atoms with Crippen LogP contribution in [0.2, 0.25) is 0 Å². The van der Waals surface area contributed by atoms with E-state index in [-0.39, 0.29) is 11.8 Å². The number of carbonyl (C=O) groups excluding carboxylic acids is 1. The molecule has 0 spiro atoms. The van der Waals surface area contributed by atoms with E-state index in [4.69, 9.17) is 0 Å². The highest BCUT2D eigenvalue weighted by Gasteiger charge is 2.11. The van der Waals surface area contributed by atoms with Crippen LogP contribution in [0.5, 0.6) is 0 Å². The minimum atomic E-state index is -0.215. The van der Waals surface area contributed by atoms with Gasteiger partial charge in [-0.3, -0.25) is 4.79 Å². The number of aryl methyl sites for hydroxylation is 1. The molecule has 1 N–H and O–H groups in total. The second kappa shape index (κ2) is 5.60. The Morgan fingerprint density at radius 3 is 2.79 bits per heavy atom. The van der Waals surface area contributed by atoms with Crippen molar-refractivity contribution in [1.29, 1.82) is 0 Å². The lowest BCUT2D eigenvalue weighted by Gasteiger charge is -2.07. The normalized spacial score (nSPS) is 10.7. The van der Waals surface area contributed by atoms with Gasteiger partial charge in [0.05, 0.1) is 6.54 Å². The van der Waals surface area contributed by atoms with Crippen LogP contribution >= 0.6 is 0 Å². The molecule has 0 saturated carbocycles. The Balaban J connectivity index is 2.04. The van der Waals surface area contributed by atoms with Crippen LogP contribution in [-0.2, 0) is 13.6 Å². The van der Waals surface area contributed by atoms with Gasteiger partial charge in [-0.05, 0) is 6.07 Å². The summed E-state index contributed by atoms with van der Waals surface area (Å²) < 4.78 is 1.86. The Morgan fingerprint density at radius 1 is 1.37 bits per heavy atom. The lowest BCUT2D eigenvalue weighted by molar-refractivity contribution is 0.0944. The summed E-state index contributed by atoms with van der Waals surface area (Å²) in [5.74, 6) is 1.45. The molecule has 0 radical (unpaired) electrons. The fourth-order valence-electron chi connectivity index (χ4n) is 1.60. The third-order valence-electron chi connectivity index (χ3n) is 2.75. The molecule has 0 unspecified atom stereocenters. The zero-order valence-corrected chi connectivity index (χ0v) is 11.3. The predicted octanol–water partition coefficient (Wildman–Crippen LogP) is 1.26. The van der Waals surface area contributed by atoms with E-state index in [2.05, 4.69) is 20.3 Å². The van der Waals surface area contributed by atoms with Crippen LogP contribution in [0.15, 0.2) is 24.7 Å². The molecule has 0 bridgehead atoms. The second-order valence-corrected chi connectivity index (χ2v) is 4.59. The monoisotopic (exact) mass is 259 g/mol. The van der Waals surface area contributed by atoms with Gasteiger partial charge in [0, 0.05) is 31.6 Å². The third kappa shape index (κ3) is 3.15. The summed E-state index contributed by atoms with van der Waals surface area (Å²) in [6.07, 6.45) is 5.14. The number of nitrogens with zero attached hydrogens (tertiary/aromatic N) is 4. The molecule has 0 aliphatic rings. The van der Waals surface area contributed by atoms with Crippen LogP contribution in [0.3, 0.4) is 0 Å². The summed E-state index contributed by atoms with van der Waals surface area (Å²) in [6, 6.07) is 1.61. The molecule has 0 saturated heterocycles. The van der Waals surface area contributed by atoms with E-state index in [1.54, 1.807) is 18.5 Å². The molecule has 0 atom stereocenters. The number of amides is 1. The fraction of sp³-hybridized carbons (Fsp3) is 0.385. The molecule has 0 aliphatic heterocycles. The highest BCUT2D eigenvalue weighted by atomic mass is 16.1. The van der Waals surface area contributed by atoms with E-state index in [0.29, 0.717) is 18.1 Å².